The summed E-state index contributed by atoms with van der Waals surface area (Å²) < 4.78 is 17.8. The van der Waals surface area contributed by atoms with Gasteiger partial charge in [0.15, 0.2) is 6.29 Å². The Morgan fingerprint density at radius 2 is 1.62 bits per heavy atom. The third-order valence-electron chi connectivity index (χ3n) is 8.46. The molecule has 0 N–H and O–H groups in total. The normalized spacial score (nSPS) is 32.6. The predicted octanol–water partition coefficient (Wildman–Crippen LogP) is 7.65. The SMILES string of the molecule is CCCCC/C=C/COC1COC(c2ccc(C34CCC(CCC)(CC3)CC4)cc2)CO1. The second kappa shape index (κ2) is 11.3. The molecule has 3 aliphatic carbocycles. The molecule has 2 atom stereocenters. The summed E-state index contributed by atoms with van der Waals surface area (Å²) in [7, 11) is 0. The van der Waals surface area contributed by atoms with Gasteiger partial charge in [-0.25, -0.2) is 0 Å². The van der Waals surface area contributed by atoms with Crippen LogP contribution in [0.4, 0.5) is 0 Å². The van der Waals surface area contributed by atoms with Crippen molar-refractivity contribution in [1.82, 2.24) is 0 Å². The van der Waals surface area contributed by atoms with Crippen LogP contribution in [0, 0.1) is 5.41 Å². The molecule has 2 bridgehead atoms. The molecule has 1 saturated heterocycles. The highest BCUT2D eigenvalue weighted by Crippen LogP contribution is 2.59. The molecule has 5 rings (SSSR count). The predicted molar refractivity (Wildman–Crippen MR) is 131 cm³/mol. The quantitative estimate of drug-likeness (QED) is 0.261. The van der Waals surface area contributed by atoms with Crippen LogP contribution in [0.3, 0.4) is 0 Å². The number of allylic oxidation sites excluding steroid dienone is 1. The Labute approximate surface area is 195 Å². The Balaban J connectivity index is 1.22. The van der Waals surface area contributed by atoms with Crippen molar-refractivity contribution >= 4 is 0 Å². The average Bonchev–Trinajstić information content (AvgIpc) is 2.85. The number of hydrogen-bond acceptors (Lipinski definition) is 3. The van der Waals surface area contributed by atoms with E-state index in [0.29, 0.717) is 30.7 Å². The molecule has 0 radical (unpaired) electrons. The van der Waals surface area contributed by atoms with Crippen molar-refractivity contribution in [2.24, 2.45) is 5.41 Å². The van der Waals surface area contributed by atoms with E-state index in [1.165, 1.54) is 76.2 Å². The third kappa shape index (κ3) is 5.66. The average molecular weight is 441 g/mol. The number of fused-ring (bicyclic) bond motifs is 3. The van der Waals surface area contributed by atoms with Crippen LogP contribution in [0.15, 0.2) is 36.4 Å². The van der Waals surface area contributed by atoms with Gasteiger partial charge in [0.25, 0.3) is 0 Å². The largest absolute Gasteiger partial charge is 0.366 e. The first-order valence-corrected chi connectivity index (χ1v) is 13.3. The first kappa shape index (κ1) is 24.0. The number of unbranched alkanes of at least 4 members (excludes halogenated alkanes) is 3. The molecule has 0 amide bonds. The molecule has 4 fully saturated rings. The minimum absolute atomic E-state index is 0.0147. The Bertz CT molecular complexity index is 690. The highest BCUT2D eigenvalue weighted by molar-refractivity contribution is 5.32. The van der Waals surface area contributed by atoms with Crippen LogP contribution < -0.4 is 0 Å². The highest BCUT2D eigenvalue weighted by Gasteiger charge is 2.48. The summed E-state index contributed by atoms with van der Waals surface area (Å²) in [6, 6.07) is 9.31. The molecule has 0 aromatic heterocycles. The van der Waals surface area contributed by atoms with Gasteiger partial charge in [0.1, 0.15) is 6.10 Å². The maximum atomic E-state index is 6.10. The number of hydrogen-bond donors (Lipinski definition) is 0. The Morgan fingerprint density at radius 1 is 0.875 bits per heavy atom. The zero-order chi connectivity index (χ0) is 22.3. The van der Waals surface area contributed by atoms with Crippen molar-refractivity contribution in [2.75, 3.05) is 19.8 Å². The van der Waals surface area contributed by atoms with E-state index in [4.69, 9.17) is 14.2 Å². The zero-order valence-electron chi connectivity index (χ0n) is 20.5. The number of ether oxygens (including phenoxy) is 3. The Morgan fingerprint density at radius 3 is 2.25 bits per heavy atom. The van der Waals surface area contributed by atoms with Gasteiger partial charge in [0.2, 0.25) is 0 Å². The lowest BCUT2D eigenvalue weighted by Gasteiger charge is -2.54. The summed E-state index contributed by atoms with van der Waals surface area (Å²) in [4.78, 5) is 0. The summed E-state index contributed by atoms with van der Waals surface area (Å²) in [5, 5.41) is 0. The van der Waals surface area contributed by atoms with Crippen molar-refractivity contribution in [3.63, 3.8) is 0 Å². The molecular weight excluding hydrogens is 396 g/mol. The van der Waals surface area contributed by atoms with Crippen LogP contribution in [-0.4, -0.2) is 26.1 Å². The van der Waals surface area contributed by atoms with Crippen molar-refractivity contribution in [2.45, 2.75) is 109 Å². The summed E-state index contributed by atoms with van der Waals surface area (Å²) in [6.45, 7) is 6.24. The van der Waals surface area contributed by atoms with Gasteiger partial charge >= 0.3 is 0 Å². The molecule has 3 heteroatoms. The van der Waals surface area contributed by atoms with E-state index in [1.54, 1.807) is 5.56 Å². The van der Waals surface area contributed by atoms with E-state index in [9.17, 15) is 0 Å². The molecule has 4 aliphatic rings. The molecule has 0 spiro atoms. The van der Waals surface area contributed by atoms with E-state index >= 15 is 0 Å². The van der Waals surface area contributed by atoms with E-state index in [2.05, 4.69) is 50.3 Å². The third-order valence-corrected chi connectivity index (χ3v) is 8.46. The molecular formula is C29H44O3. The topological polar surface area (TPSA) is 27.7 Å². The first-order valence-electron chi connectivity index (χ1n) is 13.3. The molecule has 3 nitrogen and oxygen atoms in total. The summed E-state index contributed by atoms with van der Waals surface area (Å²) in [6.07, 6.45) is 20.2. The minimum Gasteiger partial charge on any atom is -0.366 e. The summed E-state index contributed by atoms with van der Waals surface area (Å²) >= 11 is 0. The molecule has 3 saturated carbocycles. The smallest absolute Gasteiger partial charge is 0.181 e. The molecule has 1 aromatic carbocycles. The van der Waals surface area contributed by atoms with Gasteiger partial charge in [-0.2, -0.15) is 0 Å². The minimum atomic E-state index is -0.252. The second-order valence-corrected chi connectivity index (χ2v) is 10.5. The Hall–Kier alpha value is -1.16. The molecule has 1 aliphatic heterocycles. The van der Waals surface area contributed by atoms with Crippen LogP contribution >= 0.6 is 0 Å². The summed E-state index contributed by atoms with van der Waals surface area (Å²) in [5.74, 6) is 0. The first-order chi connectivity index (χ1) is 15.7. The lowest BCUT2D eigenvalue weighted by molar-refractivity contribution is -0.232. The maximum absolute atomic E-state index is 6.10. The highest BCUT2D eigenvalue weighted by atomic mass is 16.7. The number of benzene rings is 1. The van der Waals surface area contributed by atoms with Gasteiger partial charge in [-0.05, 0) is 79.7 Å². The van der Waals surface area contributed by atoms with E-state index in [-0.39, 0.29) is 12.4 Å². The lowest BCUT2D eigenvalue weighted by atomic mass is 9.51. The zero-order valence-corrected chi connectivity index (χ0v) is 20.5. The fourth-order valence-corrected chi connectivity index (χ4v) is 6.29. The van der Waals surface area contributed by atoms with E-state index in [1.807, 2.05) is 0 Å². The van der Waals surface area contributed by atoms with E-state index < -0.39 is 0 Å². The van der Waals surface area contributed by atoms with Gasteiger partial charge in [-0.1, -0.05) is 69.5 Å². The van der Waals surface area contributed by atoms with E-state index in [0.717, 1.165) is 6.42 Å². The fourth-order valence-electron chi connectivity index (χ4n) is 6.29. The molecule has 178 valence electrons. The maximum Gasteiger partial charge on any atom is 0.181 e. The second-order valence-electron chi connectivity index (χ2n) is 10.5. The van der Waals surface area contributed by atoms with Crippen LogP contribution in [0.2, 0.25) is 0 Å². The van der Waals surface area contributed by atoms with Gasteiger partial charge in [0, 0.05) is 0 Å². The number of rotatable bonds is 11. The molecule has 1 heterocycles. The van der Waals surface area contributed by atoms with Crippen molar-refractivity contribution in [3.8, 4) is 0 Å². The van der Waals surface area contributed by atoms with Crippen molar-refractivity contribution in [3.05, 3.63) is 47.5 Å². The van der Waals surface area contributed by atoms with Crippen LogP contribution in [0.25, 0.3) is 0 Å². The molecule has 2 unspecified atom stereocenters. The summed E-state index contributed by atoms with van der Waals surface area (Å²) in [5.41, 5.74) is 3.88. The van der Waals surface area contributed by atoms with Crippen molar-refractivity contribution in [1.29, 1.82) is 0 Å². The monoisotopic (exact) mass is 440 g/mol. The van der Waals surface area contributed by atoms with Crippen LogP contribution in [0.5, 0.6) is 0 Å². The Kier molecular flexibility index (Phi) is 8.48. The fraction of sp³-hybridized carbons (Fsp3) is 0.724. The van der Waals surface area contributed by atoms with Crippen LogP contribution in [0.1, 0.15) is 108 Å². The van der Waals surface area contributed by atoms with Crippen molar-refractivity contribution < 1.29 is 14.2 Å². The van der Waals surface area contributed by atoms with Crippen LogP contribution in [-0.2, 0) is 19.6 Å². The molecule has 32 heavy (non-hydrogen) atoms. The molecule has 1 aromatic rings. The van der Waals surface area contributed by atoms with Gasteiger partial charge in [-0.15, -0.1) is 0 Å². The van der Waals surface area contributed by atoms with Gasteiger partial charge in [-0.3, -0.25) is 0 Å². The lowest BCUT2D eigenvalue weighted by Crippen LogP contribution is -2.44. The van der Waals surface area contributed by atoms with Gasteiger partial charge < -0.3 is 14.2 Å². The standard InChI is InChI=1S/C29H44O3/c1-3-5-6-7-8-9-21-30-27-23-31-26(22-32-27)24-10-12-25(13-11-24)29-18-15-28(14-4-2,16-19-29)17-20-29/h8-13,26-27H,3-7,14-23H2,1-2H3/b9-8+. The van der Waals surface area contributed by atoms with Gasteiger partial charge in [0.05, 0.1) is 19.8 Å².